The van der Waals surface area contributed by atoms with E-state index in [0.717, 1.165) is 16.8 Å². The maximum Gasteiger partial charge on any atom is 0.269 e. The van der Waals surface area contributed by atoms with Gasteiger partial charge in [-0.3, -0.25) is 15.1 Å². The molecule has 4 rings (SSSR count). The highest BCUT2D eigenvalue weighted by Gasteiger charge is 2.10. The van der Waals surface area contributed by atoms with Gasteiger partial charge in [-0.05, 0) is 42.0 Å². The van der Waals surface area contributed by atoms with Crippen LogP contribution in [0.2, 0.25) is 0 Å². The van der Waals surface area contributed by atoms with Crippen molar-refractivity contribution in [3.63, 3.8) is 0 Å². The minimum absolute atomic E-state index is 0.00983. The van der Waals surface area contributed by atoms with Gasteiger partial charge in [0.15, 0.2) is 0 Å². The number of pyridine rings is 1. The minimum atomic E-state index is -0.443. The lowest BCUT2D eigenvalue weighted by atomic mass is 10.1. The van der Waals surface area contributed by atoms with E-state index in [4.69, 9.17) is 0 Å². The minimum Gasteiger partial charge on any atom is -0.262 e. The molecule has 148 valence electrons. The van der Waals surface area contributed by atoms with Crippen LogP contribution in [-0.4, -0.2) is 20.8 Å². The van der Waals surface area contributed by atoms with Crippen LogP contribution in [0.25, 0.3) is 11.3 Å². The van der Waals surface area contributed by atoms with Crippen LogP contribution < -0.4 is 4.80 Å². The lowest BCUT2D eigenvalue weighted by Crippen LogP contribution is -2.11. The number of nitro benzene ring substituents is 1. The first-order chi connectivity index (χ1) is 14.6. The zero-order valence-electron chi connectivity index (χ0n) is 15.4. The van der Waals surface area contributed by atoms with Crippen LogP contribution in [0.3, 0.4) is 0 Å². The summed E-state index contributed by atoms with van der Waals surface area (Å²) >= 11 is 1.37. The second-order valence-electron chi connectivity index (χ2n) is 6.14. The number of aromatic nitrogens is 2. The molecule has 7 nitrogen and oxygen atoms in total. The summed E-state index contributed by atoms with van der Waals surface area (Å²) in [6.45, 7) is 0. The Balaban J connectivity index is 1.81. The molecule has 0 aliphatic carbocycles. The number of rotatable bonds is 5. The molecule has 9 heteroatoms. The quantitative estimate of drug-likeness (QED) is 0.265. The Morgan fingerprint density at radius 3 is 2.53 bits per heavy atom. The fourth-order valence-corrected chi connectivity index (χ4v) is 3.50. The first-order valence-corrected chi connectivity index (χ1v) is 9.68. The van der Waals surface area contributed by atoms with Crippen LogP contribution in [0, 0.1) is 15.9 Å². The molecule has 0 unspecified atom stereocenters. The molecule has 30 heavy (non-hydrogen) atoms. The van der Waals surface area contributed by atoms with Crippen molar-refractivity contribution in [2.24, 2.45) is 10.1 Å². The molecule has 0 spiro atoms. The molecular weight excluding hydrogens is 405 g/mol. The Morgan fingerprint density at radius 2 is 1.87 bits per heavy atom. The third-order valence-corrected chi connectivity index (χ3v) is 4.94. The van der Waals surface area contributed by atoms with Gasteiger partial charge in [-0.2, -0.15) is 5.10 Å². The Labute approximate surface area is 174 Å². The molecule has 0 aliphatic heterocycles. The van der Waals surface area contributed by atoms with Gasteiger partial charge in [0.05, 0.1) is 28.7 Å². The molecule has 0 fully saturated rings. The van der Waals surface area contributed by atoms with Crippen molar-refractivity contribution in [3.05, 3.63) is 105 Å². The second kappa shape index (κ2) is 8.58. The fourth-order valence-electron chi connectivity index (χ4n) is 2.64. The largest absolute Gasteiger partial charge is 0.269 e. The van der Waals surface area contributed by atoms with E-state index in [0.29, 0.717) is 10.5 Å². The van der Waals surface area contributed by atoms with E-state index in [2.05, 4.69) is 15.1 Å². The average Bonchev–Trinajstić information content (AvgIpc) is 3.16. The Hall–Kier alpha value is -3.98. The molecule has 0 amide bonds. The predicted octanol–water partition coefficient (Wildman–Crippen LogP) is 4.77. The predicted molar refractivity (Wildman–Crippen MR) is 113 cm³/mol. The number of halogens is 1. The van der Waals surface area contributed by atoms with Crippen LogP contribution in [0.5, 0.6) is 0 Å². The molecule has 0 radical (unpaired) electrons. The monoisotopic (exact) mass is 419 g/mol. The van der Waals surface area contributed by atoms with E-state index in [-0.39, 0.29) is 11.5 Å². The van der Waals surface area contributed by atoms with Crippen molar-refractivity contribution in [1.29, 1.82) is 0 Å². The van der Waals surface area contributed by atoms with Crippen molar-refractivity contribution in [2.75, 3.05) is 0 Å². The van der Waals surface area contributed by atoms with E-state index in [1.54, 1.807) is 53.6 Å². The lowest BCUT2D eigenvalue weighted by Gasteiger charge is -2.04. The molecule has 0 bridgehead atoms. The number of thiazole rings is 1. The lowest BCUT2D eigenvalue weighted by molar-refractivity contribution is -0.384. The Bertz CT molecular complexity index is 1260. The van der Waals surface area contributed by atoms with Gasteiger partial charge >= 0.3 is 0 Å². The van der Waals surface area contributed by atoms with Crippen LogP contribution in [0.4, 0.5) is 15.8 Å². The van der Waals surface area contributed by atoms with Gasteiger partial charge in [-0.1, -0.05) is 12.1 Å². The van der Waals surface area contributed by atoms with Crippen LogP contribution in [-0.2, 0) is 0 Å². The average molecular weight is 419 g/mol. The SMILES string of the molecule is O=[N+]([O-])c1ccc(-c2csc(=Nc3cccnc3)n2N=Cc2ccc(F)cc2)cc1. The smallest absolute Gasteiger partial charge is 0.262 e. The summed E-state index contributed by atoms with van der Waals surface area (Å²) in [6, 6.07) is 15.8. The molecule has 2 aromatic heterocycles. The Kier molecular flexibility index (Phi) is 5.53. The number of non-ortho nitro benzene ring substituents is 1. The summed E-state index contributed by atoms with van der Waals surface area (Å²) in [5.74, 6) is -0.325. The van der Waals surface area contributed by atoms with Crippen LogP contribution in [0.1, 0.15) is 5.56 Å². The van der Waals surface area contributed by atoms with E-state index in [9.17, 15) is 14.5 Å². The van der Waals surface area contributed by atoms with E-state index in [1.807, 2.05) is 11.4 Å². The summed E-state index contributed by atoms with van der Waals surface area (Å²) < 4.78 is 14.8. The number of hydrogen-bond donors (Lipinski definition) is 0. The third kappa shape index (κ3) is 4.36. The van der Waals surface area contributed by atoms with Crippen molar-refractivity contribution in [2.45, 2.75) is 0 Å². The zero-order valence-corrected chi connectivity index (χ0v) is 16.2. The van der Waals surface area contributed by atoms with Gasteiger partial charge in [-0.25, -0.2) is 14.1 Å². The normalized spacial score (nSPS) is 11.8. The van der Waals surface area contributed by atoms with Crippen LogP contribution >= 0.6 is 11.3 Å². The van der Waals surface area contributed by atoms with Gasteiger partial charge in [0, 0.05) is 29.3 Å². The molecule has 0 saturated heterocycles. The number of hydrogen-bond acceptors (Lipinski definition) is 6. The van der Waals surface area contributed by atoms with E-state index >= 15 is 0 Å². The zero-order chi connectivity index (χ0) is 20.9. The standard InChI is InChI=1S/C21H14FN5O2S/c22-17-7-3-15(4-8-17)12-24-26-20(16-5-9-19(10-6-16)27(28)29)14-30-21(26)25-18-2-1-11-23-13-18/h1-14H. The molecule has 0 atom stereocenters. The van der Waals surface area contributed by atoms with Gasteiger partial charge in [0.2, 0.25) is 4.80 Å². The van der Waals surface area contributed by atoms with Crippen molar-refractivity contribution in [1.82, 2.24) is 9.66 Å². The number of nitrogens with zero attached hydrogens (tertiary/aromatic N) is 5. The van der Waals surface area contributed by atoms with Crippen molar-refractivity contribution < 1.29 is 9.31 Å². The summed E-state index contributed by atoms with van der Waals surface area (Å²) in [5, 5.41) is 17.3. The highest BCUT2D eigenvalue weighted by atomic mass is 32.1. The number of benzene rings is 2. The molecule has 0 saturated carbocycles. The molecule has 0 N–H and O–H groups in total. The highest BCUT2D eigenvalue weighted by Crippen LogP contribution is 2.23. The van der Waals surface area contributed by atoms with Gasteiger partial charge in [0.1, 0.15) is 5.82 Å². The molecule has 0 aliphatic rings. The first-order valence-electron chi connectivity index (χ1n) is 8.80. The summed E-state index contributed by atoms with van der Waals surface area (Å²) in [5.41, 5.74) is 2.87. The van der Waals surface area contributed by atoms with Gasteiger partial charge < -0.3 is 0 Å². The molecule has 2 heterocycles. The molecular formula is C21H14FN5O2S. The third-order valence-electron chi connectivity index (χ3n) is 4.12. The van der Waals surface area contributed by atoms with E-state index in [1.165, 1.54) is 35.6 Å². The van der Waals surface area contributed by atoms with Gasteiger partial charge in [-0.15, -0.1) is 11.3 Å². The first kappa shape index (κ1) is 19.3. The van der Waals surface area contributed by atoms with Crippen LogP contribution in [0.15, 0.2) is 88.5 Å². The maximum absolute atomic E-state index is 13.2. The van der Waals surface area contributed by atoms with Crippen molar-refractivity contribution >= 4 is 28.9 Å². The molecule has 2 aromatic carbocycles. The van der Waals surface area contributed by atoms with E-state index < -0.39 is 4.92 Å². The summed E-state index contributed by atoms with van der Waals surface area (Å²) in [7, 11) is 0. The van der Waals surface area contributed by atoms with Gasteiger partial charge in [0.25, 0.3) is 5.69 Å². The Morgan fingerprint density at radius 1 is 1.10 bits per heavy atom. The molecule has 4 aromatic rings. The summed E-state index contributed by atoms with van der Waals surface area (Å²) in [6.07, 6.45) is 4.90. The second-order valence-corrected chi connectivity index (χ2v) is 6.98. The highest BCUT2D eigenvalue weighted by molar-refractivity contribution is 7.07. The summed E-state index contributed by atoms with van der Waals surface area (Å²) in [4.78, 5) is 19.8. The fraction of sp³-hybridized carbons (Fsp3) is 0. The van der Waals surface area contributed by atoms with Crippen molar-refractivity contribution in [3.8, 4) is 11.3 Å². The number of nitro groups is 1. The topological polar surface area (TPSA) is 85.7 Å². The maximum atomic E-state index is 13.2.